The maximum atomic E-state index is 11.3. The van der Waals surface area contributed by atoms with Gasteiger partial charge in [0.15, 0.2) is 0 Å². The molecule has 0 unspecified atom stereocenters. The van der Waals surface area contributed by atoms with E-state index < -0.39 is 17.3 Å². The van der Waals surface area contributed by atoms with Gasteiger partial charge in [-0.3, -0.25) is 14.4 Å². The summed E-state index contributed by atoms with van der Waals surface area (Å²) in [5.74, 6) is -1.74. The van der Waals surface area contributed by atoms with E-state index in [1.165, 1.54) is 6.42 Å². The largest absolute Gasteiger partial charge is 0.290 e. The summed E-state index contributed by atoms with van der Waals surface area (Å²) in [7, 11) is 0. The molecule has 3 heteroatoms. The zero-order valence-corrected chi connectivity index (χ0v) is 9.09. The maximum absolute atomic E-state index is 11.3. The minimum Gasteiger partial charge on any atom is -0.290 e. The van der Waals surface area contributed by atoms with Gasteiger partial charge in [-0.1, -0.05) is 32.1 Å². The zero-order chi connectivity index (χ0) is 11.1. The molecule has 0 spiro atoms. The van der Waals surface area contributed by atoms with E-state index in [1.54, 1.807) is 0 Å². The van der Waals surface area contributed by atoms with Crippen molar-refractivity contribution in [3.63, 3.8) is 0 Å². The molecule has 0 heterocycles. The van der Waals surface area contributed by atoms with Gasteiger partial charge in [0.1, 0.15) is 0 Å². The third-order valence-electron chi connectivity index (χ3n) is 2.81. The number of hydrogen-bond acceptors (Lipinski definition) is 3. The Kier molecular flexibility index (Phi) is 5.22. The van der Waals surface area contributed by atoms with Crippen LogP contribution < -0.4 is 0 Å². The first-order chi connectivity index (χ1) is 7.22. The van der Waals surface area contributed by atoms with Crippen LogP contribution >= 0.6 is 0 Å². The van der Waals surface area contributed by atoms with Crippen molar-refractivity contribution < 1.29 is 14.4 Å². The van der Waals surface area contributed by atoms with E-state index in [4.69, 9.17) is 0 Å². The molecule has 0 N–H and O–H groups in total. The maximum Gasteiger partial charge on any atom is 0.264 e. The molecule has 0 saturated heterocycles. The van der Waals surface area contributed by atoms with Crippen LogP contribution in [-0.4, -0.2) is 17.3 Å². The zero-order valence-electron chi connectivity index (χ0n) is 9.09. The van der Waals surface area contributed by atoms with Crippen LogP contribution in [0.5, 0.6) is 0 Å². The van der Waals surface area contributed by atoms with Crippen LogP contribution in [-0.2, 0) is 14.4 Å². The smallest absolute Gasteiger partial charge is 0.264 e. The average molecular weight is 210 g/mol. The summed E-state index contributed by atoms with van der Waals surface area (Å²) in [6, 6.07) is 0. The number of ketones is 3. The van der Waals surface area contributed by atoms with Gasteiger partial charge in [0.25, 0.3) is 5.78 Å². The minimum atomic E-state index is -0.768. The van der Waals surface area contributed by atoms with E-state index in [-0.39, 0.29) is 12.8 Å². The highest BCUT2D eigenvalue weighted by Crippen LogP contribution is 2.12. The van der Waals surface area contributed by atoms with Crippen molar-refractivity contribution >= 4 is 17.3 Å². The van der Waals surface area contributed by atoms with Crippen molar-refractivity contribution in [2.45, 2.75) is 57.8 Å². The second-order valence-corrected chi connectivity index (χ2v) is 4.15. The molecule has 15 heavy (non-hydrogen) atoms. The molecule has 0 atom stereocenters. The predicted octanol–water partition coefficient (Wildman–Crippen LogP) is 2.22. The van der Waals surface area contributed by atoms with E-state index >= 15 is 0 Å². The van der Waals surface area contributed by atoms with Crippen molar-refractivity contribution in [3.8, 4) is 0 Å². The fourth-order valence-corrected chi connectivity index (χ4v) is 1.84. The van der Waals surface area contributed by atoms with Gasteiger partial charge in [0.05, 0.1) is 0 Å². The first kappa shape index (κ1) is 12.1. The first-order valence-corrected chi connectivity index (χ1v) is 5.82. The highest BCUT2D eigenvalue weighted by Gasteiger charge is 2.21. The summed E-state index contributed by atoms with van der Waals surface area (Å²) in [4.78, 5) is 33.8. The van der Waals surface area contributed by atoms with Crippen molar-refractivity contribution in [1.82, 2.24) is 0 Å². The van der Waals surface area contributed by atoms with Gasteiger partial charge in [-0.15, -0.1) is 0 Å². The molecule has 0 bridgehead atoms. The first-order valence-electron chi connectivity index (χ1n) is 5.82. The third-order valence-corrected chi connectivity index (χ3v) is 2.81. The Morgan fingerprint density at radius 3 is 1.27 bits per heavy atom. The van der Waals surface area contributed by atoms with Crippen molar-refractivity contribution in [1.29, 1.82) is 0 Å². The summed E-state index contributed by atoms with van der Waals surface area (Å²) < 4.78 is 0. The fraction of sp³-hybridized carbons (Fsp3) is 0.750. The average Bonchev–Trinajstić information content (AvgIpc) is 2.23. The van der Waals surface area contributed by atoms with E-state index in [9.17, 15) is 14.4 Å². The summed E-state index contributed by atoms with van der Waals surface area (Å²) in [5, 5.41) is 0. The Morgan fingerprint density at radius 2 is 0.867 bits per heavy atom. The van der Waals surface area contributed by atoms with Crippen LogP contribution in [0.4, 0.5) is 0 Å². The van der Waals surface area contributed by atoms with Crippen molar-refractivity contribution in [2.24, 2.45) is 0 Å². The highest BCUT2D eigenvalue weighted by molar-refractivity contribution is 6.63. The van der Waals surface area contributed by atoms with Gasteiger partial charge in [-0.25, -0.2) is 0 Å². The molecule has 0 aromatic rings. The van der Waals surface area contributed by atoms with Crippen LogP contribution in [0.25, 0.3) is 0 Å². The molecule has 1 aliphatic carbocycles. The molecule has 3 nitrogen and oxygen atoms in total. The lowest BCUT2D eigenvalue weighted by Gasteiger charge is -2.04. The Bertz CT molecular complexity index is 232. The van der Waals surface area contributed by atoms with Crippen molar-refractivity contribution in [2.75, 3.05) is 0 Å². The molecule has 84 valence electrons. The summed E-state index contributed by atoms with van der Waals surface area (Å²) in [6.07, 6.45) is 7.44. The lowest BCUT2D eigenvalue weighted by atomic mass is 9.99. The van der Waals surface area contributed by atoms with Crippen LogP contribution in [0, 0.1) is 0 Å². The Morgan fingerprint density at radius 1 is 0.533 bits per heavy atom. The number of hydrogen-bond donors (Lipinski definition) is 0. The Labute approximate surface area is 90.2 Å². The molecule has 1 aliphatic rings. The van der Waals surface area contributed by atoms with Gasteiger partial charge in [0, 0.05) is 12.8 Å². The van der Waals surface area contributed by atoms with Crippen LogP contribution in [0.3, 0.4) is 0 Å². The number of carbonyl (C=O) groups excluding carboxylic acids is 3. The van der Waals surface area contributed by atoms with Crippen LogP contribution in [0.2, 0.25) is 0 Å². The standard InChI is InChI=1S/C12H18O3/c13-10-8-6-4-2-1-3-5-7-9-11(14)12(10)15/h1-9H2. The van der Waals surface area contributed by atoms with E-state index in [0.717, 1.165) is 38.5 Å². The fourth-order valence-electron chi connectivity index (χ4n) is 1.84. The summed E-state index contributed by atoms with van der Waals surface area (Å²) in [5.41, 5.74) is 0. The highest BCUT2D eigenvalue weighted by atomic mass is 16.2. The van der Waals surface area contributed by atoms with Gasteiger partial charge in [0.2, 0.25) is 11.6 Å². The third kappa shape index (κ3) is 4.36. The molecule has 0 amide bonds. The molecule has 1 fully saturated rings. The molecule has 0 radical (unpaired) electrons. The van der Waals surface area contributed by atoms with Gasteiger partial charge in [-0.05, 0) is 12.8 Å². The number of Topliss-reactive ketones (excluding diaryl/α,β-unsaturated/α-hetero) is 3. The molecule has 0 aromatic carbocycles. The summed E-state index contributed by atoms with van der Waals surface area (Å²) >= 11 is 0. The Hall–Kier alpha value is -0.990. The normalized spacial score (nSPS) is 22.0. The molecule has 0 aromatic heterocycles. The molecule has 0 aliphatic heterocycles. The predicted molar refractivity (Wildman–Crippen MR) is 56.6 cm³/mol. The van der Waals surface area contributed by atoms with Crippen LogP contribution in [0.1, 0.15) is 57.8 Å². The minimum absolute atomic E-state index is 0.255. The van der Waals surface area contributed by atoms with E-state index in [2.05, 4.69) is 0 Å². The quantitative estimate of drug-likeness (QED) is 0.576. The second-order valence-electron chi connectivity index (χ2n) is 4.15. The van der Waals surface area contributed by atoms with Gasteiger partial charge >= 0.3 is 0 Å². The van der Waals surface area contributed by atoms with Crippen molar-refractivity contribution in [3.05, 3.63) is 0 Å². The van der Waals surface area contributed by atoms with E-state index in [0.29, 0.717) is 0 Å². The Balaban J connectivity index is 2.48. The molecular formula is C12H18O3. The molecule has 1 saturated carbocycles. The summed E-state index contributed by atoms with van der Waals surface area (Å²) in [6.45, 7) is 0. The number of rotatable bonds is 0. The monoisotopic (exact) mass is 210 g/mol. The lowest BCUT2D eigenvalue weighted by molar-refractivity contribution is -0.144. The topological polar surface area (TPSA) is 51.2 Å². The van der Waals surface area contributed by atoms with E-state index in [1.807, 2.05) is 0 Å². The SMILES string of the molecule is O=C1CCCCCCCCCC(=O)C1=O. The van der Waals surface area contributed by atoms with Gasteiger partial charge < -0.3 is 0 Å². The lowest BCUT2D eigenvalue weighted by Crippen LogP contribution is -2.23. The van der Waals surface area contributed by atoms with Gasteiger partial charge in [-0.2, -0.15) is 0 Å². The van der Waals surface area contributed by atoms with Crippen LogP contribution in [0.15, 0.2) is 0 Å². The molecule has 1 rings (SSSR count). The molecular weight excluding hydrogens is 192 g/mol. The second kappa shape index (κ2) is 6.49. The number of carbonyl (C=O) groups is 3.